The minimum atomic E-state index is 0.249. The number of ether oxygens (including phenoxy) is 1. The molecule has 2 aromatic carbocycles. The van der Waals surface area contributed by atoms with Crippen LogP contribution >= 0.6 is 15.9 Å². The van der Waals surface area contributed by atoms with Crippen LogP contribution in [-0.4, -0.2) is 7.11 Å². The van der Waals surface area contributed by atoms with Crippen LogP contribution in [-0.2, 0) is 0 Å². The number of anilines is 1. The smallest absolute Gasteiger partial charge is 0.122 e. The van der Waals surface area contributed by atoms with Gasteiger partial charge in [-0.05, 0) is 31.5 Å². The van der Waals surface area contributed by atoms with Gasteiger partial charge in [0.05, 0.1) is 7.11 Å². The molecule has 1 unspecified atom stereocenters. The summed E-state index contributed by atoms with van der Waals surface area (Å²) in [5.41, 5.74) is 3.59. The number of benzene rings is 2. The van der Waals surface area contributed by atoms with E-state index in [1.165, 1.54) is 11.1 Å². The average Bonchev–Trinajstić information content (AvgIpc) is 2.38. The van der Waals surface area contributed by atoms with Gasteiger partial charge in [-0.2, -0.15) is 0 Å². The van der Waals surface area contributed by atoms with Gasteiger partial charge in [0.2, 0.25) is 0 Å². The van der Waals surface area contributed by atoms with Crippen LogP contribution in [0.4, 0.5) is 5.69 Å². The van der Waals surface area contributed by atoms with Crippen molar-refractivity contribution in [3.63, 3.8) is 0 Å². The average molecular weight is 320 g/mol. The molecule has 100 valence electrons. The highest BCUT2D eigenvalue weighted by Gasteiger charge is 2.07. The molecule has 2 nitrogen and oxygen atoms in total. The van der Waals surface area contributed by atoms with Crippen LogP contribution in [0.5, 0.6) is 5.75 Å². The fourth-order valence-corrected chi connectivity index (χ4v) is 2.51. The molecule has 0 spiro atoms. The van der Waals surface area contributed by atoms with Gasteiger partial charge in [0.25, 0.3) is 0 Å². The molecule has 19 heavy (non-hydrogen) atoms. The molecular formula is C16H18BrNO. The lowest BCUT2D eigenvalue weighted by molar-refractivity contribution is 0.414. The van der Waals surface area contributed by atoms with Crippen molar-refractivity contribution in [1.29, 1.82) is 0 Å². The van der Waals surface area contributed by atoms with Gasteiger partial charge in [-0.15, -0.1) is 0 Å². The van der Waals surface area contributed by atoms with Gasteiger partial charge in [-0.25, -0.2) is 0 Å². The molecule has 0 aromatic heterocycles. The maximum Gasteiger partial charge on any atom is 0.122 e. The Morgan fingerprint density at radius 2 is 1.95 bits per heavy atom. The van der Waals surface area contributed by atoms with E-state index in [4.69, 9.17) is 4.74 Å². The van der Waals surface area contributed by atoms with E-state index in [9.17, 15) is 0 Å². The van der Waals surface area contributed by atoms with Crippen molar-refractivity contribution in [2.75, 3.05) is 12.4 Å². The van der Waals surface area contributed by atoms with Crippen LogP contribution in [0.2, 0.25) is 0 Å². The molecule has 2 aromatic rings. The summed E-state index contributed by atoms with van der Waals surface area (Å²) < 4.78 is 6.28. The predicted octanol–water partition coefficient (Wildman–Crippen LogP) is 4.94. The lowest BCUT2D eigenvalue weighted by Crippen LogP contribution is -2.06. The molecule has 0 fully saturated rings. The summed E-state index contributed by atoms with van der Waals surface area (Å²) in [6, 6.07) is 14.8. The molecule has 0 amide bonds. The molecule has 3 heteroatoms. The summed E-state index contributed by atoms with van der Waals surface area (Å²) in [6.07, 6.45) is 0. The Labute approximate surface area is 122 Å². The lowest BCUT2D eigenvalue weighted by Gasteiger charge is -2.17. The van der Waals surface area contributed by atoms with Crippen LogP contribution in [0.3, 0.4) is 0 Å². The topological polar surface area (TPSA) is 21.3 Å². The monoisotopic (exact) mass is 319 g/mol. The first kappa shape index (κ1) is 13.9. The minimum absolute atomic E-state index is 0.249. The molecule has 1 atom stereocenters. The summed E-state index contributed by atoms with van der Waals surface area (Å²) in [5.74, 6) is 0.841. The SMILES string of the molecule is COc1cc(Br)cc(NC(C)c2cccc(C)c2)c1. The van der Waals surface area contributed by atoms with E-state index >= 15 is 0 Å². The zero-order chi connectivity index (χ0) is 13.8. The van der Waals surface area contributed by atoms with Crippen molar-refractivity contribution in [2.45, 2.75) is 19.9 Å². The van der Waals surface area contributed by atoms with Crippen molar-refractivity contribution in [3.8, 4) is 5.75 Å². The summed E-state index contributed by atoms with van der Waals surface area (Å²) >= 11 is 3.49. The second-order valence-electron chi connectivity index (χ2n) is 4.66. The largest absolute Gasteiger partial charge is 0.497 e. The summed E-state index contributed by atoms with van der Waals surface area (Å²) in [6.45, 7) is 4.26. The van der Waals surface area contributed by atoms with Crippen LogP contribution in [0.1, 0.15) is 24.1 Å². The molecule has 0 bridgehead atoms. The molecule has 0 aliphatic carbocycles. The van der Waals surface area contributed by atoms with E-state index < -0.39 is 0 Å². The van der Waals surface area contributed by atoms with Crippen molar-refractivity contribution in [3.05, 3.63) is 58.1 Å². The Hall–Kier alpha value is -1.48. The highest BCUT2D eigenvalue weighted by atomic mass is 79.9. The van der Waals surface area contributed by atoms with E-state index in [2.05, 4.69) is 65.4 Å². The Kier molecular flexibility index (Phi) is 4.48. The van der Waals surface area contributed by atoms with Crippen LogP contribution < -0.4 is 10.1 Å². The summed E-state index contributed by atoms with van der Waals surface area (Å²) in [5, 5.41) is 3.49. The van der Waals surface area contributed by atoms with Crippen LogP contribution in [0.25, 0.3) is 0 Å². The first-order valence-electron chi connectivity index (χ1n) is 6.26. The number of aryl methyl sites for hydroxylation is 1. The normalized spacial score (nSPS) is 12.0. The molecule has 0 saturated heterocycles. The Bertz CT molecular complexity index is 568. The van der Waals surface area contributed by atoms with Crippen molar-refractivity contribution in [1.82, 2.24) is 0 Å². The number of nitrogens with one attached hydrogen (secondary N) is 1. The molecule has 2 rings (SSSR count). The standard InChI is InChI=1S/C16H18BrNO/c1-11-5-4-6-13(7-11)12(2)18-15-8-14(17)9-16(10-15)19-3/h4-10,12,18H,1-3H3. The highest BCUT2D eigenvalue weighted by Crippen LogP contribution is 2.27. The molecule has 0 saturated carbocycles. The van der Waals surface area contributed by atoms with Gasteiger partial charge < -0.3 is 10.1 Å². The van der Waals surface area contributed by atoms with Gasteiger partial charge in [0, 0.05) is 22.3 Å². The minimum Gasteiger partial charge on any atom is -0.497 e. The van der Waals surface area contributed by atoms with E-state index in [0.717, 1.165) is 15.9 Å². The molecule has 0 radical (unpaired) electrons. The molecule has 0 aliphatic heterocycles. The molecular weight excluding hydrogens is 302 g/mol. The van der Waals surface area contributed by atoms with E-state index in [1.54, 1.807) is 7.11 Å². The summed E-state index contributed by atoms with van der Waals surface area (Å²) in [7, 11) is 1.68. The fraction of sp³-hybridized carbons (Fsp3) is 0.250. The molecule has 1 N–H and O–H groups in total. The first-order chi connectivity index (χ1) is 9.08. The van der Waals surface area contributed by atoms with Gasteiger partial charge >= 0.3 is 0 Å². The van der Waals surface area contributed by atoms with Gasteiger partial charge in [0.1, 0.15) is 5.75 Å². The fourth-order valence-electron chi connectivity index (χ4n) is 2.04. The third-order valence-corrected chi connectivity index (χ3v) is 3.49. The maximum atomic E-state index is 5.27. The predicted molar refractivity (Wildman–Crippen MR) is 83.9 cm³/mol. The van der Waals surface area contributed by atoms with E-state index in [1.807, 2.05) is 12.1 Å². The Balaban J connectivity index is 2.18. The van der Waals surface area contributed by atoms with Crippen molar-refractivity contribution in [2.24, 2.45) is 0 Å². The number of halogens is 1. The van der Waals surface area contributed by atoms with E-state index in [-0.39, 0.29) is 6.04 Å². The number of rotatable bonds is 4. The van der Waals surface area contributed by atoms with Crippen LogP contribution in [0.15, 0.2) is 46.9 Å². The zero-order valence-corrected chi connectivity index (χ0v) is 13.0. The number of hydrogen-bond donors (Lipinski definition) is 1. The number of hydrogen-bond acceptors (Lipinski definition) is 2. The van der Waals surface area contributed by atoms with Crippen molar-refractivity contribution >= 4 is 21.6 Å². The summed E-state index contributed by atoms with van der Waals surface area (Å²) in [4.78, 5) is 0. The third-order valence-electron chi connectivity index (χ3n) is 3.03. The third kappa shape index (κ3) is 3.74. The van der Waals surface area contributed by atoms with E-state index in [0.29, 0.717) is 0 Å². The molecule has 0 heterocycles. The van der Waals surface area contributed by atoms with Crippen LogP contribution in [0, 0.1) is 6.92 Å². The Morgan fingerprint density at radius 3 is 2.63 bits per heavy atom. The van der Waals surface area contributed by atoms with Gasteiger partial charge in [-0.1, -0.05) is 45.8 Å². The van der Waals surface area contributed by atoms with Gasteiger partial charge in [-0.3, -0.25) is 0 Å². The highest BCUT2D eigenvalue weighted by molar-refractivity contribution is 9.10. The Morgan fingerprint density at radius 1 is 1.16 bits per heavy atom. The zero-order valence-electron chi connectivity index (χ0n) is 11.4. The second-order valence-corrected chi connectivity index (χ2v) is 5.58. The lowest BCUT2D eigenvalue weighted by atomic mass is 10.1. The van der Waals surface area contributed by atoms with Gasteiger partial charge in [0.15, 0.2) is 0 Å². The maximum absolute atomic E-state index is 5.27. The molecule has 0 aliphatic rings. The quantitative estimate of drug-likeness (QED) is 0.861. The second kappa shape index (κ2) is 6.11. The van der Waals surface area contributed by atoms with Crippen molar-refractivity contribution < 1.29 is 4.74 Å². The first-order valence-corrected chi connectivity index (χ1v) is 7.05. The number of methoxy groups -OCH3 is 1.